The van der Waals surface area contributed by atoms with Crippen LogP contribution in [0.1, 0.15) is 65.6 Å². The molecule has 2 unspecified atom stereocenters. The van der Waals surface area contributed by atoms with Crippen LogP contribution in [0.15, 0.2) is 83.9 Å². The SMILES string of the molecule is CC1=Cc2c(-c3cc(C(F)(F)F)cc(C(F)(F)F)c3)cccc2[CH]1[Zr]([CH3])([CH3])(=[SiH2])[CH]1C(C)=Cc2c(-c3cc(C(F)(F)F)cc(C(F)(F)F)c3)cccc21. The van der Waals surface area contributed by atoms with Gasteiger partial charge in [-0.2, -0.15) is 0 Å². The molecule has 274 valence electrons. The van der Waals surface area contributed by atoms with Crippen molar-refractivity contribution in [2.75, 3.05) is 0 Å². The second kappa shape index (κ2) is 12.1. The van der Waals surface area contributed by atoms with Crippen LogP contribution >= 0.6 is 0 Å². The maximum absolute atomic E-state index is 13.8. The molecule has 0 fully saturated rings. The van der Waals surface area contributed by atoms with Crippen LogP contribution in [0, 0.1) is 0 Å². The topological polar surface area (TPSA) is 0 Å². The molecule has 0 spiro atoms. The Morgan fingerprint density at radius 3 is 1.04 bits per heavy atom. The Morgan fingerprint density at radius 2 is 0.769 bits per heavy atom. The van der Waals surface area contributed by atoms with Crippen molar-refractivity contribution < 1.29 is 70.1 Å². The molecule has 6 rings (SSSR count). The molecule has 14 heteroatoms. The zero-order valence-electron chi connectivity index (χ0n) is 28.0. The molecule has 4 aromatic carbocycles. The first kappa shape index (κ1) is 38.3. The average molecular weight is 834 g/mol. The average Bonchev–Trinajstić information content (AvgIpc) is 3.55. The van der Waals surface area contributed by atoms with Gasteiger partial charge in [-0.1, -0.05) is 0 Å². The van der Waals surface area contributed by atoms with Crippen molar-refractivity contribution in [3.8, 4) is 22.3 Å². The van der Waals surface area contributed by atoms with E-state index in [4.69, 9.17) is 0 Å². The molecule has 0 saturated carbocycles. The number of halogens is 12. The Morgan fingerprint density at radius 1 is 0.481 bits per heavy atom. The van der Waals surface area contributed by atoms with Crippen molar-refractivity contribution in [1.29, 1.82) is 0 Å². The van der Waals surface area contributed by atoms with Crippen LogP contribution in [0.2, 0.25) is 9.26 Å². The summed E-state index contributed by atoms with van der Waals surface area (Å²) in [6, 6.07) is 12.8. The Hall–Kier alpha value is -3.38. The van der Waals surface area contributed by atoms with E-state index in [9.17, 15) is 52.7 Å². The second-order valence-corrected chi connectivity index (χ2v) is 45.3. The van der Waals surface area contributed by atoms with Crippen LogP contribution < -0.4 is 0 Å². The summed E-state index contributed by atoms with van der Waals surface area (Å²) in [6.45, 7) is 5.58. The third kappa shape index (κ3) is 6.67. The molecule has 4 aromatic rings. The van der Waals surface area contributed by atoms with E-state index in [1.54, 1.807) is 24.3 Å². The van der Waals surface area contributed by atoms with E-state index >= 15 is 0 Å². The molecule has 0 bridgehead atoms. The molecule has 2 atom stereocenters. The number of hydrogen-bond donors (Lipinski definition) is 0. The quantitative estimate of drug-likeness (QED) is 0.142. The van der Waals surface area contributed by atoms with Crippen LogP contribution in [0.25, 0.3) is 34.4 Å². The fraction of sp³-hybridized carbons (Fsp3) is 0.263. The Kier molecular flexibility index (Phi) is 8.90. The number of fused-ring (bicyclic) bond motifs is 2. The molecule has 0 N–H and O–H groups in total. The third-order valence-corrected chi connectivity index (χ3v) is 28.2. The van der Waals surface area contributed by atoms with Crippen molar-refractivity contribution in [2.45, 2.75) is 55.1 Å². The van der Waals surface area contributed by atoms with Crippen LogP contribution in [0.4, 0.5) is 52.7 Å². The van der Waals surface area contributed by atoms with E-state index in [1.165, 1.54) is 12.1 Å². The van der Waals surface area contributed by atoms with Crippen molar-refractivity contribution in [2.24, 2.45) is 0 Å². The van der Waals surface area contributed by atoms with E-state index in [2.05, 4.69) is 9.26 Å². The molecule has 0 aliphatic heterocycles. The van der Waals surface area contributed by atoms with Gasteiger partial charge < -0.3 is 0 Å². The van der Waals surface area contributed by atoms with Gasteiger partial charge in [0.05, 0.1) is 0 Å². The van der Waals surface area contributed by atoms with Gasteiger partial charge in [-0.3, -0.25) is 0 Å². The van der Waals surface area contributed by atoms with Crippen LogP contribution in [0.5, 0.6) is 0 Å². The van der Waals surface area contributed by atoms with Crippen molar-refractivity contribution in [3.05, 3.63) is 128 Å². The summed E-state index contributed by atoms with van der Waals surface area (Å²) in [5, 5.41) is 0. The normalized spacial score (nSPS) is 18.2. The molecule has 2 aliphatic rings. The monoisotopic (exact) mass is 832 g/mol. The van der Waals surface area contributed by atoms with E-state index in [0.717, 1.165) is 22.3 Å². The van der Waals surface area contributed by atoms with Crippen molar-refractivity contribution in [3.63, 3.8) is 0 Å². The first-order valence-electron chi connectivity index (χ1n) is 16.0. The Balaban J connectivity index is 1.50. The minimum atomic E-state index is -5.03. The van der Waals surface area contributed by atoms with Gasteiger partial charge in [0.15, 0.2) is 0 Å². The fourth-order valence-corrected chi connectivity index (χ4v) is 29.8. The maximum atomic E-state index is 13.8. The number of allylic oxidation sites excluding steroid dienone is 2. The summed E-state index contributed by atoms with van der Waals surface area (Å²) >= 11 is -4.43. The van der Waals surface area contributed by atoms with Gasteiger partial charge in [0.2, 0.25) is 0 Å². The molecular weight excluding hydrogens is 804 g/mol. The van der Waals surface area contributed by atoms with E-state index < -0.39 is 64.4 Å². The van der Waals surface area contributed by atoms with Gasteiger partial charge in [-0.25, -0.2) is 0 Å². The molecule has 0 amide bonds. The number of benzene rings is 4. The van der Waals surface area contributed by atoms with Crippen molar-refractivity contribution >= 4 is 19.0 Å². The molecule has 0 heterocycles. The first-order valence-corrected chi connectivity index (χ1v) is 29.6. The second-order valence-electron chi connectivity index (χ2n) is 14.8. The predicted molar refractivity (Wildman–Crippen MR) is 177 cm³/mol. The fourth-order valence-electron chi connectivity index (χ4n) is 8.51. The van der Waals surface area contributed by atoms with Gasteiger partial charge in [0.1, 0.15) is 0 Å². The van der Waals surface area contributed by atoms with E-state index in [1.807, 2.05) is 32.9 Å². The summed E-state index contributed by atoms with van der Waals surface area (Å²) in [7, 11) is 0. The molecule has 0 aromatic heterocycles. The molecule has 0 radical (unpaired) electrons. The van der Waals surface area contributed by atoms with Crippen LogP contribution in [-0.2, 0) is 42.1 Å². The van der Waals surface area contributed by atoms with Gasteiger partial charge in [-0.05, 0) is 0 Å². The van der Waals surface area contributed by atoms with Gasteiger partial charge in [0.25, 0.3) is 0 Å². The first-order chi connectivity index (χ1) is 23.7. The zero-order chi connectivity index (χ0) is 38.6. The Labute approximate surface area is 293 Å². The van der Waals surface area contributed by atoms with Gasteiger partial charge >= 0.3 is 295 Å². The Bertz CT molecular complexity index is 2040. The standard InChI is InChI=1S/2C18H11F6.2CH3.H2Si.Zr/c2*1-10-5-11-3-2-4-15(16(11)6-10)12-7-13(17(19,20)21)9-14(8-12)18(22,23)24;;;;/h2*2-9H,1H3;2*1H3;1H2;. The van der Waals surface area contributed by atoms with Gasteiger partial charge in [0, 0.05) is 0 Å². The molecule has 52 heavy (non-hydrogen) atoms. The number of hydrogen-bond acceptors (Lipinski definition) is 0. The molecule has 2 aliphatic carbocycles. The number of rotatable bonds is 4. The van der Waals surface area contributed by atoms with Crippen molar-refractivity contribution in [1.82, 2.24) is 0 Å². The summed E-state index contributed by atoms with van der Waals surface area (Å²) in [5.41, 5.74) is -1.56. The summed E-state index contributed by atoms with van der Waals surface area (Å²) in [6.07, 6.45) is -16.5. The van der Waals surface area contributed by atoms with E-state index in [0.29, 0.717) is 35.4 Å². The summed E-state index contributed by atoms with van der Waals surface area (Å²) < 4.78 is 169. The molecule has 0 saturated heterocycles. The van der Waals surface area contributed by atoms with E-state index in [-0.39, 0.29) is 41.6 Å². The minimum absolute atomic E-state index is 0.0858. The number of alkyl halides is 12. The summed E-state index contributed by atoms with van der Waals surface area (Å²) in [5.74, 6) is 0. The predicted octanol–water partition coefficient (Wildman–Crippen LogP) is 13.0. The van der Waals surface area contributed by atoms with Crippen LogP contribution in [0.3, 0.4) is 0 Å². The zero-order valence-corrected chi connectivity index (χ0v) is 31.9. The van der Waals surface area contributed by atoms with Gasteiger partial charge in [-0.15, -0.1) is 0 Å². The molecular formula is C38H30F12SiZr. The summed E-state index contributed by atoms with van der Waals surface area (Å²) in [4.78, 5) is 0. The third-order valence-electron chi connectivity index (χ3n) is 10.3. The van der Waals surface area contributed by atoms with Crippen LogP contribution in [-0.4, -0.2) is 6.88 Å². The molecule has 0 nitrogen and oxygen atoms in total.